The van der Waals surface area contributed by atoms with Crippen LogP contribution in [0.25, 0.3) is 0 Å². The van der Waals surface area contributed by atoms with Crippen molar-refractivity contribution in [1.82, 2.24) is 14.7 Å². The van der Waals surface area contributed by atoms with Crippen LogP contribution < -0.4 is 5.56 Å². The van der Waals surface area contributed by atoms with Crippen molar-refractivity contribution in [1.29, 1.82) is 0 Å². The zero-order valence-corrected chi connectivity index (χ0v) is 10.2. The molecule has 0 aliphatic heterocycles. The first-order chi connectivity index (χ1) is 7.02. The highest BCUT2D eigenvalue weighted by molar-refractivity contribution is 6.41. The summed E-state index contributed by atoms with van der Waals surface area (Å²) in [5.41, 5.74) is -0.331. The average molecular weight is 250 g/mol. The Morgan fingerprint density at radius 2 is 2.13 bits per heavy atom. The predicted octanol–water partition coefficient (Wildman–Crippen LogP) is 1.50. The molecule has 0 aromatic carbocycles. The fourth-order valence-corrected chi connectivity index (χ4v) is 1.41. The molecule has 0 amide bonds. The molecule has 0 aliphatic carbocycles. The SMILES string of the molecule is CN(C)CCCn1ncc(Cl)c(Cl)c1=O. The molecule has 0 N–H and O–H groups in total. The highest BCUT2D eigenvalue weighted by Crippen LogP contribution is 2.14. The van der Waals surface area contributed by atoms with Gasteiger partial charge in [0.1, 0.15) is 5.02 Å². The molecule has 0 radical (unpaired) electrons. The molecular formula is C9H13Cl2N3O. The lowest BCUT2D eigenvalue weighted by molar-refractivity contribution is 0.377. The van der Waals surface area contributed by atoms with Gasteiger partial charge in [-0.1, -0.05) is 23.2 Å². The van der Waals surface area contributed by atoms with E-state index < -0.39 is 0 Å². The van der Waals surface area contributed by atoms with E-state index in [0.717, 1.165) is 13.0 Å². The normalized spacial score (nSPS) is 11.0. The molecule has 6 heteroatoms. The van der Waals surface area contributed by atoms with E-state index in [-0.39, 0.29) is 15.6 Å². The average Bonchev–Trinajstić information content (AvgIpc) is 2.18. The van der Waals surface area contributed by atoms with Crippen LogP contribution in [0.1, 0.15) is 6.42 Å². The Morgan fingerprint density at radius 3 is 2.73 bits per heavy atom. The van der Waals surface area contributed by atoms with Crippen molar-refractivity contribution in [2.24, 2.45) is 0 Å². The van der Waals surface area contributed by atoms with Crippen molar-refractivity contribution >= 4 is 23.2 Å². The molecule has 1 aromatic rings. The van der Waals surface area contributed by atoms with Gasteiger partial charge in [0.2, 0.25) is 0 Å². The van der Waals surface area contributed by atoms with Crippen LogP contribution in [0.3, 0.4) is 0 Å². The summed E-state index contributed by atoms with van der Waals surface area (Å²) in [6.07, 6.45) is 2.23. The van der Waals surface area contributed by atoms with Crippen LogP contribution in [-0.2, 0) is 6.54 Å². The van der Waals surface area contributed by atoms with Crippen molar-refractivity contribution in [3.05, 3.63) is 26.6 Å². The molecule has 1 rings (SSSR count). The summed E-state index contributed by atoms with van der Waals surface area (Å²) in [4.78, 5) is 13.6. The van der Waals surface area contributed by atoms with Crippen LogP contribution in [0.2, 0.25) is 10.0 Å². The standard InChI is InChI=1S/C9H13Cl2N3O/c1-13(2)4-3-5-14-9(15)8(11)7(10)6-12-14/h6H,3-5H2,1-2H3. The van der Waals surface area contributed by atoms with E-state index in [1.807, 2.05) is 19.0 Å². The highest BCUT2D eigenvalue weighted by Gasteiger charge is 2.06. The van der Waals surface area contributed by atoms with Crippen molar-refractivity contribution in [2.45, 2.75) is 13.0 Å². The van der Waals surface area contributed by atoms with Gasteiger partial charge >= 0.3 is 0 Å². The molecule has 15 heavy (non-hydrogen) atoms. The van der Waals surface area contributed by atoms with E-state index in [1.54, 1.807) is 0 Å². The summed E-state index contributed by atoms with van der Waals surface area (Å²) in [6.45, 7) is 1.45. The monoisotopic (exact) mass is 249 g/mol. The molecular weight excluding hydrogens is 237 g/mol. The van der Waals surface area contributed by atoms with E-state index in [9.17, 15) is 4.79 Å². The summed E-state index contributed by atoms with van der Waals surface area (Å²) in [7, 11) is 3.95. The van der Waals surface area contributed by atoms with Crippen molar-refractivity contribution in [3.63, 3.8) is 0 Å². The fraction of sp³-hybridized carbons (Fsp3) is 0.556. The molecule has 0 aliphatic rings. The number of aryl methyl sites for hydroxylation is 1. The van der Waals surface area contributed by atoms with Gasteiger partial charge in [0, 0.05) is 6.54 Å². The largest absolute Gasteiger partial charge is 0.309 e. The van der Waals surface area contributed by atoms with Gasteiger partial charge in [-0.3, -0.25) is 4.79 Å². The van der Waals surface area contributed by atoms with Crippen LogP contribution in [0.5, 0.6) is 0 Å². The maximum Gasteiger partial charge on any atom is 0.287 e. The third-order valence-corrected chi connectivity index (χ3v) is 2.67. The van der Waals surface area contributed by atoms with E-state index in [1.165, 1.54) is 10.9 Å². The number of hydrogen-bond acceptors (Lipinski definition) is 3. The first-order valence-electron chi connectivity index (χ1n) is 4.58. The van der Waals surface area contributed by atoms with E-state index in [2.05, 4.69) is 5.10 Å². The second kappa shape index (κ2) is 5.49. The van der Waals surface area contributed by atoms with Crippen molar-refractivity contribution < 1.29 is 0 Å². The zero-order chi connectivity index (χ0) is 11.4. The van der Waals surface area contributed by atoms with Crippen LogP contribution in [0.15, 0.2) is 11.0 Å². The Morgan fingerprint density at radius 1 is 1.47 bits per heavy atom. The summed E-state index contributed by atoms with van der Waals surface area (Å²) < 4.78 is 1.33. The lowest BCUT2D eigenvalue weighted by Crippen LogP contribution is -2.25. The van der Waals surface area contributed by atoms with Crippen molar-refractivity contribution in [3.8, 4) is 0 Å². The summed E-state index contributed by atoms with van der Waals surface area (Å²) in [5.74, 6) is 0. The summed E-state index contributed by atoms with van der Waals surface area (Å²) in [5, 5.41) is 4.14. The molecule has 4 nitrogen and oxygen atoms in total. The number of aromatic nitrogens is 2. The lowest BCUT2D eigenvalue weighted by Gasteiger charge is -2.09. The third-order valence-electron chi connectivity index (χ3n) is 1.92. The summed E-state index contributed by atoms with van der Waals surface area (Å²) >= 11 is 11.4. The molecule has 0 unspecified atom stereocenters. The van der Waals surface area contributed by atoms with Gasteiger partial charge < -0.3 is 4.90 Å². The predicted molar refractivity (Wildman–Crippen MR) is 61.7 cm³/mol. The van der Waals surface area contributed by atoms with Gasteiger partial charge in [-0.25, -0.2) is 4.68 Å². The van der Waals surface area contributed by atoms with Crippen LogP contribution in [0, 0.1) is 0 Å². The Hall–Kier alpha value is -0.580. The van der Waals surface area contributed by atoms with Crippen LogP contribution >= 0.6 is 23.2 Å². The Kier molecular flexibility index (Phi) is 4.57. The maximum atomic E-state index is 11.5. The van der Waals surface area contributed by atoms with E-state index >= 15 is 0 Å². The first-order valence-corrected chi connectivity index (χ1v) is 5.34. The van der Waals surface area contributed by atoms with Gasteiger partial charge in [0.05, 0.1) is 11.2 Å². The highest BCUT2D eigenvalue weighted by atomic mass is 35.5. The molecule has 0 saturated carbocycles. The van der Waals surface area contributed by atoms with Gasteiger partial charge in [-0.2, -0.15) is 5.10 Å². The first kappa shape index (κ1) is 12.5. The van der Waals surface area contributed by atoms with Gasteiger partial charge in [0.15, 0.2) is 0 Å². The molecule has 0 atom stereocenters. The third kappa shape index (κ3) is 3.48. The lowest BCUT2D eigenvalue weighted by atomic mass is 10.4. The Labute approximate surface area is 98.4 Å². The second-order valence-electron chi connectivity index (χ2n) is 3.49. The maximum absolute atomic E-state index is 11.5. The number of rotatable bonds is 4. The number of halogens is 2. The summed E-state index contributed by atoms with van der Waals surface area (Å²) in [6, 6.07) is 0. The fourth-order valence-electron chi connectivity index (χ4n) is 1.14. The molecule has 1 heterocycles. The van der Waals surface area contributed by atoms with Gasteiger partial charge in [-0.15, -0.1) is 0 Å². The van der Waals surface area contributed by atoms with Gasteiger partial charge in [-0.05, 0) is 27.1 Å². The minimum atomic E-state index is -0.331. The minimum Gasteiger partial charge on any atom is -0.309 e. The molecule has 0 fully saturated rings. The quantitative estimate of drug-likeness (QED) is 0.812. The Bertz CT molecular complexity index is 389. The zero-order valence-electron chi connectivity index (χ0n) is 8.70. The molecule has 0 spiro atoms. The van der Waals surface area contributed by atoms with Gasteiger partial charge in [0.25, 0.3) is 5.56 Å². The topological polar surface area (TPSA) is 38.1 Å². The van der Waals surface area contributed by atoms with Crippen LogP contribution in [-0.4, -0.2) is 35.3 Å². The van der Waals surface area contributed by atoms with Crippen molar-refractivity contribution in [2.75, 3.05) is 20.6 Å². The second-order valence-corrected chi connectivity index (χ2v) is 4.28. The molecule has 84 valence electrons. The minimum absolute atomic E-state index is 0.0384. The smallest absolute Gasteiger partial charge is 0.287 e. The number of nitrogens with zero attached hydrogens (tertiary/aromatic N) is 3. The molecule has 1 aromatic heterocycles. The molecule has 0 saturated heterocycles. The van der Waals surface area contributed by atoms with Crippen LogP contribution in [0.4, 0.5) is 0 Å². The number of hydrogen-bond donors (Lipinski definition) is 0. The van der Waals surface area contributed by atoms with E-state index in [4.69, 9.17) is 23.2 Å². The molecule has 0 bridgehead atoms. The Balaban J connectivity index is 2.71. The van der Waals surface area contributed by atoms with E-state index in [0.29, 0.717) is 6.54 Å².